The fraction of sp³-hybridized carbons (Fsp3) is 0.310. The Labute approximate surface area is 211 Å². The van der Waals surface area contributed by atoms with Gasteiger partial charge in [-0.25, -0.2) is 13.5 Å². The van der Waals surface area contributed by atoms with Crippen LogP contribution in [0.4, 0.5) is 8.78 Å². The maximum Gasteiger partial charge on any atom is 0.257 e. The zero-order valence-corrected chi connectivity index (χ0v) is 20.5. The first-order chi connectivity index (χ1) is 16.5. The van der Waals surface area contributed by atoms with Crippen LogP contribution in [0.5, 0.6) is 5.75 Å². The molecule has 190 valence electrons. The predicted octanol–water partition coefficient (Wildman–Crippen LogP) is 6.79. The molecule has 5 nitrogen and oxygen atoms in total. The van der Waals surface area contributed by atoms with E-state index in [-0.39, 0.29) is 13.2 Å². The molecule has 2 atom stereocenters. The van der Waals surface area contributed by atoms with Crippen LogP contribution in [0.3, 0.4) is 0 Å². The highest BCUT2D eigenvalue weighted by atomic mass is 19.1. The number of nitrogens with zero attached hydrogens (tertiary/aromatic N) is 2. The number of aromatic nitrogens is 2. The van der Waals surface area contributed by atoms with Crippen molar-refractivity contribution < 1.29 is 18.3 Å². The number of hydrogen-bond donors (Lipinski definition) is 1. The number of ether oxygens (including phenoxy) is 1. The molecule has 0 fully saturated rings. The van der Waals surface area contributed by atoms with E-state index in [0.29, 0.717) is 5.75 Å². The zero-order chi connectivity index (χ0) is 25.3. The van der Waals surface area contributed by atoms with E-state index in [0.717, 1.165) is 33.3 Å². The molecular formula is C29H33F2N3O2. The maximum absolute atomic E-state index is 14.2. The van der Waals surface area contributed by atoms with Gasteiger partial charge in [0.25, 0.3) is 5.91 Å². The van der Waals surface area contributed by atoms with Gasteiger partial charge in [0.2, 0.25) is 0 Å². The van der Waals surface area contributed by atoms with Gasteiger partial charge in [0.15, 0.2) is 5.67 Å². The highest BCUT2D eigenvalue weighted by molar-refractivity contribution is 5.84. The van der Waals surface area contributed by atoms with Gasteiger partial charge in [-0.15, -0.1) is 0 Å². The minimum atomic E-state index is -2.00. The van der Waals surface area contributed by atoms with Crippen LogP contribution < -0.4 is 10.1 Å². The van der Waals surface area contributed by atoms with Crippen LogP contribution in [0, 0.1) is 19.7 Å². The van der Waals surface area contributed by atoms with E-state index in [9.17, 15) is 13.6 Å². The average Bonchev–Trinajstić information content (AvgIpc) is 3.21. The standard InChI is InChI=1S/C28H29F2N3O2.CH4/c1-17-6-12-24(18(2)14-17)26(19(3)32-27(34)28(4,5)30)35-23-11-13-25-20(15-23)16-31-33(25)22-9-7-21(29)8-10-22;/h6-16,19,26H,1-5H3,(H,32,34);1H4/t19-,26-;/m0./s1. The summed E-state index contributed by atoms with van der Waals surface area (Å²) in [6.07, 6.45) is 1.17. The molecule has 4 aromatic rings. The zero-order valence-electron chi connectivity index (χ0n) is 20.5. The van der Waals surface area contributed by atoms with Gasteiger partial charge in [-0.1, -0.05) is 31.2 Å². The van der Waals surface area contributed by atoms with Crippen molar-refractivity contribution >= 4 is 16.8 Å². The second-order valence-electron chi connectivity index (χ2n) is 9.39. The SMILES string of the molecule is C.Cc1ccc([C@@H](Oc2ccc3c(cnn3-c3ccc(F)cc3)c2)[C@H](C)NC(=O)C(C)(C)F)c(C)c1. The Morgan fingerprint density at radius 1 is 1.06 bits per heavy atom. The number of carbonyl (C=O) groups is 1. The Morgan fingerprint density at radius 3 is 2.39 bits per heavy atom. The third-order valence-corrected chi connectivity index (χ3v) is 5.96. The van der Waals surface area contributed by atoms with Crippen LogP contribution >= 0.6 is 0 Å². The fourth-order valence-corrected chi connectivity index (χ4v) is 4.05. The van der Waals surface area contributed by atoms with Gasteiger partial charge in [0.05, 0.1) is 23.4 Å². The molecule has 0 radical (unpaired) electrons. The van der Waals surface area contributed by atoms with Crippen molar-refractivity contribution in [2.45, 2.75) is 59.9 Å². The topological polar surface area (TPSA) is 56.1 Å². The van der Waals surface area contributed by atoms with E-state index >= 15 is 0 Å². The highest BCUT2D eigenvalue weighted by Crippen LogP contribution is 2.31. The van der Waals surface area contributed by atoms with Gasteiger partial charge in [0.1, 0.15) is 17.7 Å². The molecule has 0 saturated carbocycles. The Hall–Kier alpha value is -3.74. The molecule has 1 heterocycles. The summed E-state index contributed by atoms with van der Waals surface area (Å²) in [6, 6.07) is 17.2. The van der Waals surface area contributed by atoms with Crippen molar-refractivity contribution in [2.75, 3.05) is 0 Å². The molecule has 3 aromatic carbocycles. The molecule has 1 amide bonds. The number of fused-ring (bicyclic) bond motifs is 1. The lowest BCUT2D eigenvalue weighted by atomic mass is 9.96. The summed E-state index contributed by atoms with van der Waals surface area (Å²) in [4.78, 5) is 12.4. The van der Waals surface area contributed by atoms with E-state index in [1.807, 2.05) is 44.2 Å². The smallest absolute Gasteiger partial charge is 0.257 e. The lowest BCUT2D eigenvalue weighted by Gasteiger charge is -2.29. The normalized spacial score (nSPS) is 13.1. The largest absolute Gasteiger partial charge is 0.484 e. The summed E-state index contributed by atoms with van der Waals surface area (Å²) in [5, 5.41) is 8.04. The third-order valence-electron chi connectivity index (χ3n) is 5.96. The van der Waals surface area contributed by atoms with Gasteiger partial charge >= 0.3 is 0 Å². The van der Waals surface area contributed by atoms with Gasteiger partial charge in [-0.05, 0) is 88.2 Å². The number of aryl methyl sites for hydroxylation is 2. The van der Waals surface area contributed by atoms with Crippen molar-refractivity contribution in [3.8, 4) is 11.4 Å². The number of hydrogen-bond acceptors (Lipinski definition) is 3. The average molecular weight is 494 g/mol. The highest BCUT2D eigenvalue weighted by Gasteiger charge is 2.31. The van der Waals surface area contributed by atoms with Crippen molar-refractivity contribution in [1.29, 1.82) is 0 Å². The monoisotopic (exact) mass is 493 g/mol. The van der Waals surface area contributed by atoms with Crippen LogP contribution in [0.1, 0.15) is 51.0 Å². The van der Waals surface area contributed by atoms with E-state index in [1.165, 1.54) is 26.0 Å². The predicted molar refractivity (Wildman–Crippen MR) is 140 cm³/mol. The number of rotatable bonds is 7. The molecule has 4 rings (SSSR count). The molecule has 1 N–H and O–H groups in total. The molecule has 0 unspecified atom stereocenters. The molecule has 1 aromatic heterocycles. The van der Waals surface area contributed by atoms with Crippen LogP contribution in [0.2, 0.25) is 0 Å². The first-order valence-electron chi connectivity index (χ1n) is 11.5. The summed E-state index contributed by atoms with van der Waals surface area (Å²) in [7, 11) is 0. The van der Waals surface area contributed by atoms with E-state index in [1.54, 1.807) is 29.9 Å². The molecule has 0 aliphatic carbocycles. The number of alkyl halides is 1. The van der Waals surface area contributed by atoms with Gasteiger partial charge < -0.3 is 10.1 Å². The summed E-state index contributed by atoms with van der Waals surface area (Å²) >= 11 is 0. The fourth-order valence-electron chi connectivity index (χ4n) is 4.05. The molecule has 0 aliphatic heterocycles. The van der Waals surface area contributed by atoms with Crippen LogP contribution in [0.15, 0.2) is 66.9 Å². The summed E-state index contributed by atoms with van der Waals surface area (Å²) in [5.41, 5.74) is 2.61. The quantitative estimate of drug-likeness (QED) is 0.308. The van der Waals surface area contributed by atoms with Crippen LogP contribution in [0.25, 0.3) is 16.6 Å². The molecule has 0 bridgehead atoms. The molecule has 0 spiro atoms. The number of amides is 1. The van der Waals surface area contributed by atoms with E-state index in [4.69, 9.17) is 4.74 Å². The number of halogens is 2. The Bertz CT molecular complexity index is 1360. The number of nitrogens with one attached hydrogen (secondary N) is 1. The van der Waals surface area contributed by atoms with Crippen molar-refractivity contribution in [3.63, 3.8) is 0 Å². The first kappa shape index (κ1) is 26.9. The van der Waals surface area contributed by atoms with Crippen LogP contribution in [-0.4, -0.2) is 27.4 Å². The lowest BCUT2D eigenvalue weighted by Crippen LogP contribution is -2.46. The number of carbonyl (C=O) groups excluding carboxylic acids is 1. The first-order valence-corrected chi connectivity index (χ1v) is 11.5. The van der Waals surface area contributed by atoms with Gasteiger partial charge in [0, 0.05) is 5.39 Å². The number of benzene rings is 3. The summed E-state index contributed by atoms with van der Waals surface area (Å²) in [6.45, 7) is 8.26. The second-order valence-corrected chi connectivity index (χ2v) is 9.39. The van der Waals surface area contributed by atoms with Gasteiger partial charge in [-0.2, -0.15) is 5.10 Å². The minimum Gasteiger partial charge on any atom is -0.484 e. The van der Waals surface area contributed by atoms with Crippen molar-refractivity contribution in [2.24, 2.45) is 0 Å². The minimum absolute atomic E-state index is 0. The van der Waals surface area contributed by atoms with Crippen molar-refractivity contribution in [1.82, 2.24) is 15.1 Å². The second kappa shape index (κ2) is 10.5. The third kappa shape index (κ3) is 5.73. The Kier molecular flexibility index (Phi) is 7.82. The summed E-state index contributed by atoms with van der Waals surface area (Å²) < 4.78 is 35.7. The van der Waals surface area contributed by atoms with Crippen LogP contribution in [-0.2, 0) is 4.79 Å². The van der Waals surface area contributed by atoms with Crippen molar-refractivity contribution in [3.05, 3.63) is 89.4 Å². The maximum atomic E-state index is 14.2. The lowest BCUT2D eigenvalue weighted by molar-refractivity contribution is -0.132. The molecule has 36 heavy (non-hydrogen) atoms. The summed E-state index contributed by atoms with van der Waals surface area (Å²) in [5.74, 6) is -0.420. The molecular weight excluding hydrogens is 460 g/mol. The van der Waals surface area contributed by atoms with E-state index < -0.39 is 23.7 Å². The van der Waals surface area contributed by atoms with Gasteiger partial charge in [-0.3, -0.25) is 4.79 Å². The Balaban J connectivity index is 0.00000361. The molecule has 0 saturated heterocycles. The van der Waals surface area contributed by atoms with E-state index in [2.05, 4.69) is 16.5 Å². The molecule has 0 aliphatic rings. The Morgan fingerprint density at radius 2 is 1.75 bits per heavy atom. The molecule has 7 heteroatoms.